The van der Waals surface area contributed by atoms with Gasteiger partial charge >= 0.3 is 0 Å². The molecule has 2 rings (SSSR count). The largest absolute Gasteiger partial charge is 0.361 e. The maximum absolute atomic E-state index is 3.21. The van der Waals surface area contributed by atoms with Crippen molar-refractivity contribution in [3.63, 3.8) is 0 Å². The Morgan fingerprint density at radius 1 is 1.41 bits per heavy atom. The first-order valence-electron chi connectivity index (χ1n) is 6.03. The molecule has 1 N–H and O–H groups in total. The van der Waals surface area contributed by atoms with Crippen molar-refractivity contribution >= 4 is 11.9 Å². The maximum Gasteiger partial charge on any atom is 0.104 e. The second-order valence-corrected chi connectivity index (χ2v) is 5.14. The molecule has 0 atom stereocenters. The molecule has 0 aromatic carbocycles. The fourth-order valence-electron chi connectivity index (χ4n) is 1.58. The van der Waals surface area contributed by atoms with E-state index in [0.717, 1.165) is 12.4 Å². The Kier molecular flexibility index (Phi) is 4.62. The van der Waals surface area contributed by atoms with E-state index < -0.39 is 0 Å². The van der Waals surface area contributed by atoms with E-state index in [1.54, 1.807) is 0 Å². The standard InChI is InChI=1S/C13H19N3S/c1-2-3-10-17-16-9-8-15(12-16)11-13-6-4-5-7-14-13/h4-9,11,14H,2-3,10,12H2,1H3/b13-11-. The van der Waals surface area contributed by atoms with E-state index >= 15 is 0 Å². The summed E-state index contributed by atoms with van der Waals surface area (Å²) in [7, 11) is 0. The molecule has 92 valence electrons. The number of nitrogens with one attached hydrogen (secondary N) is 1. The smallest absolute Gasteiger partial charge is 0.104 e. The molecule has 0 aromatic heterocycles. The van der Waals surface area contributed by atoms with Gasteiger partial charge in [0.1, 0.15) is 6.67 Å². The summed E-state index contributed by atoms with van der Waals surface area (Å²) < 4.78 is 2.27. The number of nitrogens with zero attached hydrogens (tertiary/aromatic N) is 2. The van der Waals surface area contributed by atoms with Crippen LogP contribution in [0.2, 0.25) is 0 Å². The van der Waals surface area contributed by atoms with Crippen LogP contribution in [0.25, 0.3) is 0 Å². The van der Waals surface area contributed by atoms with Crippen molar-refractivity contribution in [3.8, 4) is 0 Å². The lowest BCUT2D eigenvalue weighted by molar-refractivity contribution is 0.442. The lowest BCUT2D eigenvalue weighted by Gasteiger charge is -2.18. The summed E-state index contributed by atoms with van der Waals surface area (Å²) in [4.78, 5) is 2.19. The predicted molar refractivity (Wildman–Crippen MR) is 74.5 cm³/mol. The summed E-state index contributed by atoms with van der Waals surface area (Å²) in [6.07, 6.45) is 17.0. The lowest BCUT2D eigenvalue weighted by atomic mass is 10.3. The van der Waals surface area contributed by atoms with Gasteiger partial charge in [0.25, 0.3) is 0 Å². The third-order valence-corrected chi connectivity index (χ3v) is 3.56. The summed E-state index contributed by atoms with van der Waals surface area (Å²) in [5.74, 6) is 1.20. The molecule has 2 aliphatic heterocycles. The van der Waals surface area contributed by atoms with E-state index in [9.17, 15) is 0 Å². The normalized spacial score (nSPS) is 20.4. The predicted octanol–water partition coefficient (Wildman–Crippen LogP) is 3.00. The van der Waals surface area contributed by atoms with Crippen LogP contribution in [-0.2, 0) is 0 Å². The van der Waals surface area contributed by atoms with Gasteiger partial charge in [0, 0.05) is 30.6 Å². The minimum Gasteiger partial charge on any atom is -0.361 e. The quantitative estimate of drug-likeness (QED) is 0.596. The van der Waals surface area contributed by atoms with E-state index in [1.165, 1.54) is 18.6 Å². The summed E-state index contributed by atoms with van der Waals surface area (Å²) in [6.45, 7) is 3.16. The maximum atomic E-state index is 3.21. The fourth-order valence-corrected chi connectivity index (χ4v) is 2.58. The number of allylic oxidation sites excluding steroid dienone is 3. The van der Waals surface area contributed by atoms with Gasteiger partial charge in [0.05, 0.1) is 5.70 Å². The van der Waals surface area contributed by atoms with Crippen molar-refractivity contribution < 1.29 is 0 Å². The molecular weight excluding hydrogens is 230 g/mol. The van der Waals surface area contributed by atoms with Gasteiger partial charge in [0.2, 0.25) is 0 Å². The SMILES string of the molecule is CCCCSN1C=CN(/C=C2/C=CC=CN2)C1. The molecule has 3 nitrogen and oxygen atoms in total. The van der Waals surface area contributed by atoms with E-state index in [1.807, 2.05) is 30.3 Å². The van der Waals surface area contributed by atoms with Crippen LogP contribution in [0.4, 0.5) is 0 Å². The van der Waals surface area contributed by atoms with E-state index in [4.69, 9.17) is 0 Å². The van der Waals surface area contributed by atoms with Crippen LogP contribution in [0.15, 0.2) is 48.7 Å². The van der Waals surface area contributed by atoms with Crippen molar-refractivity contribution in [1.82, 2.24) is 14.5 Å². The van der Waals surface area contributed by atoms with Gasteiger partial charge in [-0.1, -0.05) is 19.4 Å². The Labute approximate surface area is 108 Å². The highest BCUT2D eigenvalue weighted by molar-refractivity contribution is 7.97. The van der Waals surface area contributed by atoms with Gasteiger partial charge < -0.3 is 14.5 Å². The van der Waals surface area contributed by atoms with E-state index in [2.05, 4.69) is 46.1 Å². The van der Waals surface area contributed by atoms with Gasteiger partial charge in [0.15, 0.2) is 0 Å². The molecule has 0 saturated heterocycles. The first kappa shape index (κ1) is 12.2. The molecule has 0 fully saturated rings. The Bertz CT molecular complexity index is 358. The molecule has 0 saturated carbocycles. The van der Waals surface area contributed by atoms with Crippen molar-refractivity contribution in [3.05, 3.63) is 48.7 Å². The van der Waals surface area contributed by atoms with Crippen LogP contribution in [0.1, 0.15) is 19.8 Å². The Balaban J connectivity index is 1.77. The van der Waals surface area contributed by atoms with Crippen LogP contribution < -0.4 is 5.32 Å². The van der Waals surface area contributed by atoms with Crippen LogP contribution in [0, 0.1) is 0 Å². The van der Waals surface area contributed by atoms with Crippen molar-refractivity contribution in [1.29, 1.82) is 0 Å². The highest BCUT2D eigenvalue weighted by Crippen LogP contribution is 2.19. The molecule has 0 amide bonds. The number of hydrogen-bond acceptors (Lipinski definition) is 4. The number of rotatable bonds is 5. The fraction of sp³-hybridized carbons (Fsp3) is 0.385. The number of unbranched alkanes of at least 4 members (excludes halogenated alkanes) is 1. The monoisotopic (exact) mass is 249 g/mol. The van der Waals surface area contributed by atoms with Crippen LogP contribution in [0.3, 0.4) is 0 Å². The highest BCUT2D eigenvalue weighted by atomic mass is 32.2. The molecule has 0 unspecified atom stereocenters. The van der Waals surface area contributed by atoms with Crippen molar-refractivity contribution in [2.24, 2.45) is 0 Å². The second kappa shape index (κ2) is 6.45. The molecule has 17 heavy (non-hydrogen) atoms. The molecule has 0 spiro atoms. The molecule has 0 aliphatic carbocycles. The van der Waals surface area contributed by atoms with Crippen molar-refractivity contribution in [2.45, 2.75) is 19.8 Å². The molecule has 2 heterocycles. The molecule has 4 heteroatoms. The second-order valence-electron chi connectivity index (χ2n) is 4.00. The zero-order valence-corrected chi connectivity index (χ0v) is 11.0. The zero-order valence-electron chi connectivity index (χ0n) is 10.2. The van der Waals surface area contributed by atoms with Crippen LogP contribution >= 0.6 is 11.9 Å². The van der Waals surface area contributed by atoms with Gasteiger partial charge in [-0.3, -0.25) is 0 Å². The highest BCUT2D eigenvalue weighted by Gasteiger charge is 2.10. The van der Waals surface area contributed by atoms with Crippen LogP contribution in [0.5, 0.6) is 0 Å². The van der Waals surface area contributed by atoms with Crippen LogP contribution in [-0.4, -0.2) is 21.6 Å². The molecule has 0 aromatic rings. The molecular formula is C13H19N3S. The Morgan fingerprint density at radius 2 is 2.35 bits per heavy atom. The third kappa shape index (κ3) is 3.89. The minimum absolute atomic E-state index is 0.928. The Morgan fingerprint density at radius 3 is 3.12 bits per heavy atom. The van der Waals surface area contributed by atoms with Gasteiger partial charge in [-0.15, -0.1) is 0 Å². The topological polar surface area (TPSA) is 18.5 Å². The number of hydrogen-bond donors (Lipinski definition) is 1. The average molecular weight is 249 g/mol. The first-order chi connectivity index (χ1) is 8.38. The average Bonchev–Trinajstić information content (AvgIpc) is 2.79. The Hall–Kier alpha value is -1.29. The van der Waals surface area contributed by atoms with Gasteiger partial charge in [-0.05, 0) is 30.5 Å². The molecule has 0 radical (unpaired) electrons. The van der Waals surface area contributed by atoms with E-state index in [0.29, 0.717) is 0 Å². The summed E-state index contributed by atoms with van der Waals surface area (Å²) in [6, 6.07) is 0. The molecule has 2 aliphatic rings. The van der Waals surface area contributed by atoms with E-state index in [-0.39, 0.29) is 0 Å². The molecule has 0 bridgehead atoms. The van der Waals surface area contributed by atoms with Crippen molar-refractivity contribution in [2.75, 3.05) is 12.4 Å². The number of dihydropyridines is 1. The zero-order chi connectivity index (χ0) is 11.9. The van der Waals surface area contributed by atoms with Gasteiger partial charge in [-0.2, -0.15) is 0 Å². The first-order valence-corrected chi connectivity index (χ1v) is 6.98. The lowest BCUT2D eigenvalue weighted by Crippen LogP contribution is -2.18. The summed E-state index contributed by atoms with van der Waals surface area (Å²) >= 11 is 1.90. The third-order valence-electron chi connectivity index (χ3n) is 2.52. The van der Waals surface area contributed by atoms with Gasteiger partial charge in [-0.25, -0.2) is 0 Å². The summed E-state index contributed by atoms with van der Waals surface area (Å²) in [5.41, 5.74) is 1.12. The summed E-state index contributed by atoms with van der Waals surface area (Å²) in [5, 5.41) is 3.21. The minimum atomic E-state index is 0.928.